The molecule has 0 unspecified atom stereocenters. The lowest BCUT2D eigenvalue weighted by atomic mass is 10.2. The fraction of sp³-hybridized carbons (Fsp3) is 0.450. The number of hydrogen-bond acceptors (Lipinski definition) is 5. The molecule has 0 aliphatic heterocycles. The van der Waals surface area contributed by atoms with Crippen LogP contribution in [0.1, 0.15) is 53.3 Å². The number of nitrogens with zero attached hydrogens (tertiary/aromatic N) is 6. The van der Waals surface area contributed by atoms with E-state index >= 15 is 0 Å². The number of hydrogen-bond donors (Lipinski definition) is 2. The van der Waals surface area contributed by atoms with Crippen molar-refractivity contribution in [2.75, 3.05) is 10.6 Å². The van der Waals surface area contributed by atoms with Crippen molar-refractivity contribution < 1.29 is 22.8 Å². The van der Waals surface area contributed by atoms with Crippen molar-refractivity contribution in [2.45, 2.75) is 51.9 Å². The van der Waals surface area contributed by atoms with Gasteiger partial charge in [-0.15, -0.1) is 0 Å². The number of carbonyl (C=O) groups is 2. The minimum atomic E-state index is -4.59. The van der Waals surface area contributed by atoms with Gasteiger partial charge in [0.15, 0.2) is 5.69 Å². The molecule has 3 heterocycles. The van der Waals surface area contributed by atoms with Crippen molar-refractivity contribution in [1.29, 1.82) is 0 Å². The molecule has 1 saturated carbocycles. The summed E-state index contributed by atoms with van der Waals surface area (Å²) in [5, 5.41) is 17.1. The molecule has 3 aromatic rings. The Hall–Kier alpha value is -3.64. The van der Waals surface area contributed by atoms with Gasteiger partial charge in [-0.2, -0.15) is 28.5 Å². The Morgan fingerprint density at radius 3 is 2.39 bits per heavy atom. The first-order valence-corrected chi connectivity index (χ1v) is 10.4. The van der Waals surface area contributed by atoms with Crippen LogP contribution < -0.4 is 10.6 Å². The zero-order chi connectivity index (χ0) is 23.9. The molecule has 1 aliphatic rings. The third-order valence-corrected chi connectivity index (χ3v) is 5.50. The minimum Gasteiger partial charge on any atom is -0.321 e. The molecule has 33 heavy (non-hydrogen) atoms. The van der Waals surface area contributed by atoms with Gasteiger partial charge in [-0.05, 0) is 32.8 Å². The second-order valence-corrected chi connectivity index (χ2v) is 7.88. The lowest BCUT2D eigenvalue weighted by Crippen LogP contribution is -2.24. The maximum atomic E-state index is 13.1. The second kappa shape index (κ2) is 8.37. The van der Waals surface area contributed by atoms with E-state index in [1.807, 2.05) is 0 Å². The molecule has 1 fully saturated rings. The van der Waals surface area contributed by atoms with E-state index in [2.05, 4.69) is 25.9 Å². The molecule has 0 saturated heterocycles. The van der Waals surface area contributed by atoms with Gasteiger partial charge >= 0.3 is 6.18 Å². The fourth-order valence-corrected chi connectivity index (χ4v) is 3.49. The highest BCUT2D eigenvalue weighted by atomic mass is 19.4. The van der Waals surface area contributed by atoms with E-state index in [-0.39, 0.29) is 17.3 Å². The summed E-state index contributed by atoms with van der Waals surface area (Å²) in [6.07, 6.45) is -0.243. The SMILES string of the molecule is CCn1ncc(NC(=O)Cn2nc(C(F)(F)F)cc2C2CC2)c1C(=O)Nc1cnn(C)c1C. The van der Waals surface area contributed by atoms with Crippen LogP contribution in [0, 0.1) is 6.92 Å². The number of rotatable bonds is 7. The van der Waals surface area contributed by atoms with Gasteiger partial charge in [0, 0.05) is 25.2 Å². The number of amides is 2. The Balaban J connectivity index is 1.53. The molecule has 0 bridgehead atoms. The third kappa shape index (κ3) is 4.61. The lowest BCUT2D eigenvalue weighted by Gasteiger charge is -2.11. The largest absolute Gasteiger partial charge is 0.435 e. The van der Waals surface area contributed by atoms with Crippen LogP contribution >= 0.6 is 0 Å². The number of alkyl halides is 3. The Labute approximate surface area is 186 Å². The van der Waals surface area contributed by atoms with Crippen molar-refractivity contribution >= 4 is 23.2 Å². The number of carbonyl (C=O) groups excluding carboxylic acids is 2. The number of anilines is 2. The van der Waals surface area contributed by atoms with Crippen LogP contribution in [0.2, 0.25) is 0 Å². The topological polar surface area (TPSA) is 112 Å². The molecule has 0 aromatic carbocycles. The van der Waals surface area contributed by atoms with E-state index in [9.17, 15) is 22.8 Å². The van der Waals surface area contributed by atoms with Gasteiger partial charge in [-0.3, -0.25) is 23.6 Å². The highest BCUT2D eigenvalue weighted by Gasteiger charge is 2.38. The zero-order valence-electron chi connectivity index (χ0n) is 18.3. The van der Waals surface area contributed by atoms with Crippen molar-refractivity contribution in [3.63, 3.8) is 0 Å². The summed E-state index contributed by atoms with van der Waals surface area (Å²) in [5.74, 6) is -1.15. The van der Waals surface area contributed by atoms with Crippen LogP contribution in [-0.4, -0.2) is 41.2 Å². The minimum absolute atomic E-state index is 0.0340. The maximum Gasteiger partial charge on any atom is 0.435 e. The van der Waals surface area contributed by atoms with Gasteiger partial charge in [-0.25, -0.2) is 0 Å². The molecule has 176 valence electrons. The van der Waals surface area contributed by atoms with Gasteiger partial charge in [-0.1, -0.05) is 0 Å². The Bertz CT molecular complexity index is 1200. The third-order valence-electron chi connectivity index (χ3n) is 5.50. The average molecular weight is 464 g/mol. The molecule has 10 nitrogen and oxygen atoms in total. The first kappa shape index (κ1) is 22.6. The van der Waals surface area contributed by atoms with Crippen LogP contribution in [0.3, 0.4) is 0 Å². The molecule has 2 amide bonds. The van der Waals surface area contributed by atoms with Gasteiger partial charge < -0.3 is 10.6 Å². The molecule has 0 atom stereocenters. The highest BCUT2D eigenvalue weighted by molar-refractivity contribution is 6.09. The molecular weight excluding hydrogens is 441 g/mol. The van der Waals surface area contributed by atoms with Crippen LogP contribution in [0.5, 0.6) is 0 Å². The fourth-order valence-electron chi connectivity index (χ4n) is 3.49. The Kier molecular flexibility index (Phi) is 5.72. The summed E-state index contributed by atoms with van der Waals surface area (Å²) in [6, 6.07) is 0.995. The van der Waals surface area contributed by atoms with E-state index in [1.54, 1.807) is 25.6 Å². The summed E-state index contributed by atoms with van der Waals surface area (Å²) in [5.41, 5.74) is 0.872. The summed E-state index contributed by atoms with van der Waals surface area (Å²) in [6.45, 7) is 3.53. The smallest absolute Gasteiger partial charge is 0.321 e. The molecule has 2 N–H and O–H groups in total. The molecule has 4 rings (SSSR count). The summed E-state index contributed by atoms with van der Waals surface area (Å²) in [4.78, 5) is 25.6. The van der Waals surface area contributed by atoms with Crippen LogP contribution in [0.25, 0.3) is 0 Å². The number of nitrogens with one attached hydrogen (secondary N) is 2. The van der Waals surface area contributed by atoms with E-state index in [1.165, 1.54) is 17.1 Å². The van der Waals surface area contributed by atoms with Gasteiger partial charge in [0.25, 0.3) is 5.91 Å². The van der Waals surface area contributed by atoms with Gasteiger partial charge in [0.2, 0.25) is 5.91 Å². The first-order chi connectivity index (χ1) is 15.6. The normalized spacial score (nSPS) is 13.9. The summed E-state index contributed by atoms with van der Waals surface area (Å²) < 4.78 is 43.4. The molecule has 0 radical (unpaired) electrons. The number of halogens is 3. The van der Waals surface area contributed by atoms with Crippen LogP contribution in [-0.2, 0) is 31.1 Å². The van der Waals surface area contributed by atoms with Crippen molar-refractivity contribution in [1.82, 2.24) is 29.3 Å². The standard InChI is InChI=1S/C20H23F3N8O2/c1-4-30-18(19(33)27-13-8-24-29(3)11(13)2)14(9-25-30)26-17(32)10-31-15(12-5-6-12)7-16(28-31)20(21,22)23/h7-9,12H,4-6,10H2,1-3H3,(H,26,32)(H,27,33). The monoisotopic (exact) mass is 464 g/mol. The number of aryl methyl sites for hydroxylation is 2. The average Bonchev–Trinajstić information content (AvgIpc) is 3.25. The van der Waals surface area contributed by atoms with E-state index < -0.39 is 30.2 Å². The predicted molar refractivity (Wildman–Crippen MR) is 112 cm³/mol. The van der Waals surface area contributed by atoms with E-state index in [0.717, 1.165) is 29.3 Å². The predicted octanol–water partition coefficient (Wildman–Crippen LogP) is 2.93. The first-order valence-electron chi connectivity index (χ1n) is 10.4. The maximum absolute atomic E-state index is 13.1. The molecule has 1 aliphatic carbocycles. The highest BCUT2D eigenvalue weighted by Crippen LogP contribution is 2.42. The molecule has 13 heteroatoms. The quantitative estimate of drug-likeness (QED) is 0.559. The Morgan fingerprint density at radius 1 is 1.12 bits per heavy atom. The van der Waals surface area contributed by atoms with E-state index in [4.69, 9.17) is 0 Å². The summed E-state index contributed by atoms with van der Waals surface area (Å²) >= 11 is 0. The van der Waals surface area contributed by atoms with Crippen LogP contribution in [0.15, 0.2) is 18.5 Å². The number of aromatic nitrogens is 6. The van der Waals surface area contributed by atoms with Crippen molar-refractivity contribution in [2.24, 2.45) is 7.05 Å². The molecule has 3 aromatic heterocycles. The Morgan fingerprint density at radius 2 is 1.82 bits per heavy atom. The van der Waals surface area contributed by atoms with Gasteiger partial charge in [0.05, 0.1) is 29.5 Å². The van der Waals surface area contributed by atoms with E-state index in [0.29, 0.717) is 17.9 Å². The summed E-state index contributed by atoms with van der Waals surface area (Å²) in [7, 11) is 1.74. The van der Waals surface area contributed by atoms with Crippen molar-refractivity contribution in [3.8, 4) is 0 Å². The molecular formula is C20H23F3N8O2. The van der Waals surface area contributed by atoms with Gasteiger partial charge in [0.1, 0.15) is 12.2 Å². The van der Waals surface area contributed by atoms with Crippen LogP contribution in [0.4, 0.5) is 24.5 Å². The van der Waals surface area contributed by atoms with Crippen molar-refractivity contribution in [3.05, 3.63) is 41.2 Å². The second-order valence-electron chi connectivity index (χ2n) is 7.88. The molecule has 0 spiro atoms. The zero-order valence-corrected chi connectivity index (χ0v) is 18.3. The lowest BCUT2D eigenvalue weighted by molar-refractivity contribution is -0.141.